The molecule has 3 heterocycles. The lowest BCUT2D eigenvalue weighted by Gasteiger charge is -2.45. The molecular weight excluding hydrogens is 646 g/mol. The first kappa shape index (κ1) is 29.2. The predicted octanol–water partition coefficient (Wildman–Crippen LogP) is 7.22. The molecule has 10 rings (SSSR count). The van der Waals surface area contributed by atoms with Gasteiger partial charge < -0.3 is 4.90 Å². The number of para-hydroxylation sites is 2. The number of hydrogen-bond donors (Lipinski definition) is 0. The molecule has 1 unspecified atom stereocenters. The summed E-state index contributed by atoms with van der Waals surface area (Å²) in [6.07, 6.45) is 0. The fourth-order valence-electron chi connectivity index (χ4n) is 9.25. The van der Waals surface area contributed by atoms with E-state index < -0.39 is 14.1 Å². The first-order valence-electron chi connectivity index (χ1n) is 17.1. The molecule has 3 aliphatic rings. The van der Waals surface area contributed by atoms with Gasteiger partial charge in [-0.25, -0.2) is 0 Å². The molecule has 0 fully saturated rings. The third-order valence-electron chi connectivity index (χ3n) is 11.3. The molecule has 0 radical (unpaired) electrons. The van der Waals surface area contributed by atoms with E-state index >= 15 is 0 Å². The Kier molecular flexibility index (Phi) is 6.16. The molecule has 0 aliphatic carbocycles. The van der Waals surface area contributed by atoms with Crippen molar-refractivity contribution < 1.29 is 0 Å². The van der Waals surface area contributed by atoms with Crippen molar-refractivity contribution in [2.45, 2.75) is 19.3 Å². The summed E-state index contributed by atoms with van der Waals surface area (Å²) in [7, 11) is -2.60. The highest BCUT2D eigenvalue weighted by atomic mass is 32.4. The van der Waals surface area contributed by atoms with Gasteiger partial charge in [-0.2, -0.15) is 0 Å². The average molecular weight is 680 g/mol. The van der Waals surface area contributed by atoms with Gasteiger partial charge in [-0.1, -0.05) is 171 Å². The van der Waals surface area contributed by atoms with Crippen molar-refractivity contribution in [2.24, 2.45) is 0 Å². The summed E-state index contributed by atoms with van der Waals surface area (Å²) in [4.78, 5) is 2.54. The maximum absolute atomic E-state index is 6.90. The van der Waals surface area contributed by atoms with Gasteiger partial charge in [0.1, 0.15) is 0 Å². The number of hydrogen-bond acceptors (Lipinski definition) is 2. The Hall–Kier alpha value is -4.79. The largest absolute Gasteiger partial charge is 0.311 e. The Morgan fingerprint density at radius 1 is 0.490 bits per heavy atom. The molecule has 1 atom stereocenters. The fraction of sp³-hybridized carbons (Fsp3) is 0.0667. The Balaban J connectivity index is 1.25. The van der Waals surface area contributed by atoms with E-state index in [-0.39, 0.29) is 5.41 Å². The average Bonchev–Trinajstić information content (AvgIpc) is 3.45. The van der Waals surface area contributed by atoms with E-state index in [1.165, 1.54) is 76.0 Å². The van der Waals surface area contributed by atoms with Gasteiger partial charge in [-0.15, -0.1) is 0 Å². The van der Waals surface area contributed by atoms with Crippen LogP contribution in [0.5, 0.6) is 0 Å². The summed E-state index contributed by atoms with van der Waals surface area (Å²) in [6.45, 7) is 4.76. The van der Waals surface area contributed by atoms with Gasteiger partial charge in [-0.05, 0) is 83.2 Å². The van der Waals surface area contributed by atoms with E-state index in [9.17, 15) is 0 Å². The summed E-state index contributed by atoms with van der Waals surface area (Å²) in [6, 6.07) is 61.4. The smallest absolute Gasteiger partial charge is 0.185 e. The van der Waals surface area contributed by atoms with Crippen LogP contribution in [0.2, 0.25) is 0 Å². The number of anilines is 3. The molecule has 234 valence electrons. The lowest BCUT2D eigenvalue weighted by molar-refractivity contribution is 0.647. The third-order valence-corrected chi connectivity index (χ3v) is 21.3. The molecule has 0 bridgehead atoms. The maximum atomic E-state index is 6.90. The zero-order valence-corrected chi connectivity index (χ0v) is 30.2. The highest BCUT2D eigenvalue weighted by molar-refractivity contribution is 8.25. The summed E-state index contributed by atoms with van der Waals surface area (Å²) in [5.41, 5.74) is 8.95. The minimum atomic E-state index is -2.60. The van der Waals surface area contributed by atoms with Crippen LogP contribution in [0.25, 0.3) is 11.1 Å². The van der Waals surface area contributed by atoms with Crippen LogP contribution in [-0.4, -0.2) is 8.07 Å². The molecule has 0 amide bonds. The number of rotatable bonds is 2. The Morgan fingerprint density at radius 3 is 1.61 bits per heavy atom. The van der Waals surface area contributed by atoms with Crippen LogP contribution in [0.15, 0.2) is 170 Å². The molecule has 1 nitrogen and oxygen atoms in total. The van der Waals surface area contributed by atoms with Gasteiger partial charge in [0, 0.05) is 28.5 Å². The summed E-state index contributed by atoms with van der Waals surface area (Å²) < 4.78 is 0. The van der Waals surface area contributed by atoms with Crippen LogP contribution in [0.1, 0.15) is 25.0 Å². The fourth-order valence-corrected chi connectivity index (χ4v) is 19.5. The molecule has 49 heavy (non-hydrogen) atoms. The Bertz CT molecular complexity index is 2440. The number of benzene rings is 7. The van der Waals surface area contributed by atoms with Gasteiger partial charge in [0.25, 0.3) is 0 Å². The normalized spacial score (nSPS) is 18.4. The highest BCUT2D eigenvalue weighted by Gasteiger charge is 2.54. The highest BCUT2D eigenvalue weighted by Crippen LogP contribution is 2.54. The number of fused-ring (bicyclic) bond motifs is 11. The van der Waals surface area contributed by atoms with Gasteiger partial charge in [0.2, 0.25) is 0 Å². The van der Waals surface area contributed by atoms with Crippen LogP contribution < -0.4 is 41.6 Å². The van der Waals surface area contributed by atoms with E-state index in [1.807, 2.05) is 0 Å². The van der Waals surface area contributed by atoms with Gasteiger partial charge >= 0.3 is 0 Å². The second-order valence-corrected chi connectivity index (χ2v) is 22.0. The zero-order valence-electron chi connectivity index (χ0n) is 27.5. The minimum Gasteiger partial charge on any atom is -0.311 e. The van der Waals surface area contributed by atoms with Gasteiger partial charge in [0.15, 0.2) is 8.07 Å². The van der Waals surface area contributed by atoms with Crippen molar-refractivity contribution in [2.75, 3.05) is 4.90 Å². The van der Waals surface area contributed by atoms with Crippen LogP contribution >= 0.6 is 6.04 Å². The first-order valence-corrected chi connectivity index (χ1v) is 21.9. The zero-order chi connectivity index (χ0) is 33.0. The lowest BCUT2D eigenvalue weighted by Crippen LogP contribution is -2.75. The molecule has 0 saturated carbocycles. The Labute approximate surface area is 294 Å². The summed E-state index contributed by atoms with van der Waals surface area (Å²) >= 11 is 6.90. The second kappa shape index (κ2) is 10.4. The molecular formula is C45H34NPSSi. The van der Waals surface area contributed by atoms with Crippen molar-refractivity contribution in [1.29, 1.82) is 0 Å². The van der Waals surface area contributed by atoms with Crippen molar-refractivity contribution in [3.8, 4) is 11.1 Å². The van der Waals surface area contributed by atoms with Crippen LogP contribution in [0, 0.1) is 0 Å². The summed E-state index contributed by atoms with van der Waals surface area (Å²) in [5.74, 6) is 0. The molecule has 0 N–H and O–H groups in total. The van der Waals surface area contributed by atoms with Gasteiger partial charge in [-0.3, -0.25) is 0 Å². The molecule has 4 heteroatoms. The van der Waals surface area contributed by atoms with Gasteiger partial charge in [0.05, 0.1) is 0 Å². The van der Waals surface area contributed by atoms with Crippen molar-refractivity contribution in [1.82, 2.24) is 0 Å². The van der Waals surface area contributed by atoms with Crippen LogP contribution in [0.3, 0.4) is 0 Å². The quantitative estimate of drug-likeness (QED) is 0.140. The first-order chi connectivity index (χ1) is 24.0. The minimum absolute atomic E-state index is 0.215. The van der Waals surface area contributed by atoms with Crippen LogP contribution in [-0.2, 0) is 17.2 Å². The molecule has 1 spiro atoms. The van der Waals surface area contributed by atoms with Crippen molar-refractivity contribution in [3.05, 3.63) is 181 Å². The van der Waals surface area contributed by atoms with E-state index in [0.717, 1.165) is 0 Å². The molecule has 7 aromatic rings. The van der Waals surface area contributed by atoms with Crippen molar-refractivity contribution in [3.63, 3.8) is 0 Å². The maximum Gasteiger partial charge on any atom is 0.185 e. The molecule has 0 saturated heterocycles. The molecule has 7 aromatic carbocycles. The Morgan fingerprint density at radius 2 is 0.980 bits per heavy atom. The molecule has 0 aromatic heterocycles. The summed E-state index contributed by atoms with van der Waals surface area (Å²) in [5, 5.41) is 9.75. The van der Waals surface area contributed by atoms with E-state index in [4.69, 9.17) is 11.8 Å². The monoisotopic (exact) mass is 679 g/mol. The number of nitrogens with zero attached hydrogens (tertiary/aromatic N) is 1. The molecule has 3 aliphatic heterocycles. The topological polar surface area (TPSA) is 3.24 Å². The standard InChI is InChI=1S/C45H34NPSSi/c1-45(2)35-20-8-11-23-39(35)47(48,32-16-4-3-5-17-32)40-29-28-31(30-36(40)45)46-37-21-9-14-26-43(37)49(44-27-15-10-22-38(44)46)41-24-12-6-18-33(41)34-19-7-13-25-42(34)49/h3-30H,1-2H3. The van der Waals surface area contributed by atoms with E-state index in [0.29, 0.717) is 0 Å². The third kappa shape index (κ3) is 3.68. The second-order valence-electron chi connectivity index (χ2n) is 14.0. The van der Waals surface area contributed by atoms with Crippen LogP contribution in [0.4, 0.5) is 17.1 Å². The van der Waals surface area contributed by atoms with E-state index in [1.54, 1.807) is 0 Å². The SMILES string of the molecule is CC1(C)c2ccccc2P(=S)(c2ccccc2)c2ccc(N3c4ccccc4[Si]4(c5ccccc5-c5ccccc54)c4ccccc43)cc21. The predicted molar refractivity (Wildman–Crippen MR) is 215 cm³/mol. The van der Waals surface area contributed by atoms with E-state index in [2.05, 4.69) is 189 Å². The van der Waals surface area contributed by atoms with Crippen molar-refractivity contribution >= 4 is 79.6 Å². The lowest BCUT2D eigenvalue weighted by atomic mass is 9.77.